The lowest BCUT2D eigenvalue weighted by Crippen LogP contribution is -2.32. The normalized spacial score (nSPS) is 14.1. The van der Waals surface area contributed by atoms with Gasteiger partial charge in [0.25, 0.3) is 11.5 Å². The van der Waals surface area contributed by atoms with Gasteiger partial charge in [0.15, 0.2) is 0 Å². The van der Waals surface area contributed by atoms with E-state index in [4.69, 9.17) is 4.42 Å². The van der Waals surface area contributed by atoms with E-state index in [-0.39, 0.29) is 11.1 Å². The fourth-order valence-electron chi connectivity index (χ4n) is 3.24. The van der Waals surface area contributed by atoms with Gasteiger partial charge in [-0.25, -0.2) is 4.79 Å². The lowest BCUT2D eigenvalue weighted by molar-refractivity contribution is 0.0947. The number of pyridine rings is 1. The Morgan fingerprint density at radius 3 is 2.65 bits per heavy atom. The Labute approximate surface area is 151 Å². The predicted molar refractivity (Wildman–Crippen MR) is 98.7 cm³/mol. The van der Waals surface area contributed by atoms with E-state index in [0.29, 0.717) is 36.8 Å². The number of carbonyl (C=O) groups is 1. The molecule has 1 fully saturated rings. The van der Waals surface area contributed by atoms with Crippen molar-refractivity contribution in [2.24, 2.45) is 0 Å². The van der Waals surface area contributed by atoms with E-state index < -0.39 is 11.5 Å². The van der Waals surface area contributed by atoms with Gasteiger partial charge in [-0.3, -0.25) is 9.59 Å². The fraction of sp³-hybridized carbons (Fsp3) is 0.450. The Kier molecular flexibility index (Phi) is 5.40. The molecule has 3 rings (SSSR count). The molecule has 1 aliphatic carbocycles. The smallest absolute Gasteiger partial charge is 0.349 e. The van der Waals surface area contributed by atoms with Crippen LogP contribution < -0.4 is 16.5 Å². The summed E-state index contributed by atoms with van der Waals surface area (Å²) in [5.41, 5.74) is 0.975. The van der Waals surface area contributed by atoms with E-state index in [1.165, 1.54) is 6.07 Å². The number of nitrogens with one attached hydrogen (secondary N) is 1. The highest BCUT2D eigenvalue weighted by Crippen LogP contribution is 2.36. The number of hydrogen-bond donors (Lipinski definition) is 1. The van der Waals surface area contributed by atoms with E-state index in [0.717, 1.165) is 25.0 Å². The highest BCUT2D eigenvalue weighted by molar-refractivity contribution is 5.95. The summed E-state index contributed by atoms with van der Waals surface area (Å²) in [6.07, 6.45) is 3.82. The minimum absolute atomic E-state index is 0.0561. The molecule has 6 heteroatoms. The minimum atomic E-state index is -0.570. The van der Waals surface area contributed by atoms with Crippen LogP contribution in [0.4, 0.5) is 0 Å². The third-order valence-electron chi connectivity index (χ3n) is 5.01. The summed E-state index contributed by atoms with van der Waals surface area (Å²) in [5, 5.41) is 2.75. The van der Waals surface area contributed by atoms with Crippen molar-refractivity contribution in [1.82, 2.24) is 9.88 Å². The van der Waals surface area contributed by atoms with Gasteiger partial charge in [0.1, 0.15) is 11.3 Å². The molecule has 1 saturated carbocycles. The number of carbonyl (C=O) groups excluding carboxylic acids is 1. The Morgan fingerprint density at radius 1 is 1.27 bits per heavy atom. The van der Waals surface area contributed by atoms with Crippen LogP contribution in [0.5, 0.6) is 0 Å². The van der Waals surface area contributed by atoms with Crippen molar-refractivity contribution in [3.8, 4) is 0 Å². The quantitative estimate of drug-likeness (QED) is 0.807. The standard InChI is InChI=1S/C20H24N2O4/c1-13-12-16(15-7-4-8-15)26-20(25)18(13)19(24)21-10-5-11-22-14(2)6-3-9-17(22)23/h3,6,9,12,15H,4-5,7-8,10-11H2,1-2H3,(H,21,24). The van der Waals surface area contributed by atoms with Crippen LogP contribution in [0.15, 0.2) is 38.3 Å². The summed E-state index contributed by atoms with van der Waals surface area (Å²) in [5.74, 6) is 0.578. The number of nitrogens with zero attached hydrogens (tertiary/aromatic N) is 1. The van der Waals surface area contributed by atoms with Gasteiger partial charge < -0.3 is 14.3 Å². The maximum absolute atomic E-state index is 12.4. The summed E-state index contributed by atoms with van der Waals surface area (Å²) in [6, 6.07) is 6.93. The summed E-state index contributed by atoms with van der Waals surface area (Å²) in [4.78, 5) is 36.4. The lowest BCUT2D eigenvalue weighted by Gasteiger charge is -2.24. The first-order valence-corrected chi connectivity index (χ1v) is 9.06. The van der Waals surface area contributed by atoms with Gasteiger partial charge in [0.2, 0.25) is 0 Å². The number of hydrogen-bond acceptors (Lipinski definition) is 4. The zero-order valence-corrected chi connectivity index (χ0v) is 15.2. The van der Waals surface area contributed by atoms with Gasteiger partial charge in [0.05, 0.1) is 0 Å². The topological polar surface area (TPSA) is 81.3 Å². The fourth-order valence-corrected chi connectivity index (χ4v) is 3.24. The van der Waals surface area contributed by atoms with Crippen molar-refractivity contribution in [2.75, 3.05) is 6.54 Å². The zero-order valence-electron chi connectivity index (χ0n) is 15.2. The first-order valence-electron chi connectivity index (χ1n) is 9.06. The lowest BCUT2D eigenvalue weighted by atomic mass is 9.83. The molecule has 0 aliphatic heterocycles. The van der Waals surface area contributed by atoms with Crippen LogP contribution >= 0.6 is 0 Å². The Hall–Kier alpha value is -2.63. The van der Waals surface area contributed by atoms with E-state index in [2.05, 4.69) is 5.32 Å². The number of amides is 1. The molecule has 2 aromatic heterocycles. The maximum Gasteiger partial charge on any atom is 0.349 e. The number of rotatable bonds is 6. The predicted octanol–water partition coefficient (Wildman–Crippen LogP) is 2.51. The first-order chi connectivity index (χ1) is 12.5. The molecule has 0 atom stereocenters. The molecule has 0 bridgehead atoms. The van der Waals surface area contributed by atoms with Crippen LogP contribution in [0.2, 0.25) is 0 Å². The third-order valence-corrected chi connectivity index (χ3v) is 5.01. The minimum Gasteiger partial charge on any atom is -0.427 e. The SMILES string of the molecule is Cc1cc(C2CCC2)oc(=O)c1C(=O)NCCCn1c(C)cccc1=O. The largest absolute Gasteiger partial charge is 0.427 e. The molecule has 1 amide bonds. The van der Waals surface area contributed by atoms with E-state index in [1.54, 1.807) is 17.6 Å². The van der Waals surface area contributed by atoms with Crippen molar-refractivity contribution >= 4 is 5.91 Å². The zero-order chi connectivity index (χ0) is 18.7. The van der Waals surface area contributed by atoms with Crippen molar-refractivity contribution < 1.29 is 9.21 Å². The average molecular weight is 356 g/mol. The molecule has 0 spiro atoms. The second-order valence-corrected chi connectivity index (χ2v) is 6.89. The second-order valence-electron chi connectivity index (χ2n) is 6.89. The monoisotopic (exact) mass is 356 g/mol. The number of aryl methyl sites for hydroxylation is 2. The second kappa shape index (κ2) is 7.72. The van der Waals surface area contributed by atoms with E-state index >= 15 is 0 Å². The van der Waals surface area contributed by atoms with Crippen molar-refractivity contribution in [3.63, 3.8) is 0 Å². The van der Waals surface area contributed by atoms with E-state index in [1.807, 2.05) is 19.1 Å². The molecule has 2 aromatic rings. The molecule has 26 heavy (non-hydrogen) atoms. The van der Waals surface area contributed by atoms with Crippen LogP contribution in [0, 0.1) is 13.8 Å². The summed E-state index contributed by atoms with van der Waals surface area (Å²) in [7, 11) is 0. The molecular weight excluding hydrogens is 332 g/mol. The van der Waals surface area contributed by atoms with Crippen molar-refractivity contribution in [2.45, 2.75) is 52.0 Å². The highest BCUT2D eigenvalue weighted by atomic mass is 16.4. The highest BCUT2D eigenvalue weighted by Gasteiger charge is 2.25. The molecule has 6 nitrogen and oxygen atoms in total. The van der Waals surface area contributed by atoms with Crippen molar-refractivity contribution in [3.05, 3.63) is 67.6 Å². The Bertz CT molecular complexity index is 922. The molecule has 0 aromatic carbocycles. The van der Waals surface area contributed by atoms with Crippen molar-refractivity contribution in [1.29, 1.82) is 0 Å². The van der Waals surface area contributed by atoms with Crippen LogP contribution in [0.3, 0.4) is 0 Å². The molecule has 138 valence electrons. The Balaban J connectivity index is 1.60. The van der Waals surface area contributed by atoms with Gasteiger partial charge in [-0.15, -0.1) is 0 Å². The summed E-state index contributed by atoms with van der Waals surface area (Å²) < 4.78 is 7.03. The molecule has 0 saturated heterocycles. The molecule has 0 radical (unpaired) electrons. The van der Waals surface area contributed by atoms with Crippen LogP contribution in [-0.4, -0.2) is 17.0 Å². The molecule has 1 N–H and O–H groups in total. The molecule has 1 aliphatic rings. The van der Waals surface area contributed by atoms with Crippen LogP contribution in [0.1, 0.15) is 59.0 Å². The Morgan fingerprint density at radius 2 is 2.04 bits per heavy atom. The van der Waals surface area contributed by atoms with Gasteiger partial charge >= 0.3 is 5.63 Å². The maximum atomic E-state index is 12.4. The molecular formula is C20H24N2O4. The average Bonchev–Trinajstić information content (AvgIpc) is 2.51. The van der Waals surface area contributed by atoms with Gasteiger partial charge in [0, 0.05) is 30.8 Å². The summed E-state index contributed by atoms with van der Waals surface area (Å²) in [6.45, 7) is 4.53. The van der Waals surface area contributed by atoms with Gasteiger partial charge in [-0.1, -0.05) is 12.5 Å². The third kappa shape index (κ3) is 3.79. The van der Waals surface area contributed by atoms with Crippen LogP contribution in [-0.2, 0) is 6.54 Å². The molecule has 0 unspecified atom stereocenters. The molecule has 2 heterocycles. The number of aromatic nitrogens is 1. The first kappa shape index (κ1) is 18.2. The van der Waals surface area contributed by atoms with Gasteiger partial charge in [-0.05, 0) is 50.8 Å². The van der Waals surface area contributed by atoms with Crippen LogP contribution in [0.25, 0.3) is 0 Å². The van der Waals surface area contributed by atoms with Gasteiger partial charge in [-0.2, -0.15) is 0 Å². The summed E-state index contributed by atoms with van der Waals surface area (Å²) >= 11 is 0. The van der Waals surface area contributed by atoms with E-state index in [9.17, 15) is 14.4 Å².